The van der Waals surface area contributed by atoms with Crippen LogP contribution in [-0.2, 0) is 15.7 Å². The van der Waals surface area contributed by atoms with Gasteiger partial charge < -0.3 is 10.1 Å². The van der Waals surface area contributed by atoms with E-state index in [2.05, 4.69) is 20.4 Å². The second kappa shape index (κ2) is 8.23. The van der Waals surface area contributed by atoms with Gasteiger partial charge in [0.15, 0.2) is 11.5 Å². The van der Waals surface area contributed by atoms with Crippen molar-refractivity contribution >= 4 is 11.6 Å². The number of nitrogens with zero attached hydrogens (tertiary/aromatic N) is 4. The minimum Gasteiger partial charge on any atom is -0.381 e. The van der Waals surface area contributed by atoms with E-state index < -0.39 is 11.9 Å². The van der Waals surface area contributed by atoms with Crippen molar-refractivity contribution in [3.05, 3.63) is 54.6 Å². The summed E-state index contributed by atoms with van der Waals surface area (Å²) in [6, 6.07) is 7.09. The lowest BCUT2D eigenvalue weighted by molar-refractivity contribution is -0.142. The number of aromatic nitrogens is 4. The molecule has 3 aromatic heterocycles. The van der Waals surface area contributed by atoms with E-state index in [1.807, 2.05) is 0 Å². The molecule has 3 aromatic rings. The van der Waals surface area contributed by atoms with Gasteiger partial charge in [0, 0.05) is 37.1 Å². The number of rotatable bonds is 4. The van der Waals surface area contributed by atoms with Crippen molar-refractivity contribution in [2.45, 2.75) is 19.0 Å². The van der Waals surface area contributed by atoms with E-state index in [1.54, 1.807) is 12.1 Å². The smallest absolute Gasteiger partial charge is 0.381 e. The Bertz CT molecular complexity index is 1010. The highest BCUT2D eigenvalue weighted by atomic mass is 19.4. The van der Waals surface area contributed by atoms with E-state index in [0.29, 0.717) is 37.3 Å². The van der Waals surface area contributed by atoms with Crippen LogP contribution in [0.4, 0.5) is 18.9 Å². The van der Waals surface area contributed by atoms with Gasteiger partial charge in [0.05, 0.1) is 17.6 Å². The molecule has 1 fully saturated rings. The molecular weight excluding hydrogens is 399 g/mol. The van der Waals surface area contributed by atoms with Crippen LogP contribution in [0, 0.1) is 5.92 Å². The number of anilines is 1. The zero-order valence-corrected chi connectivity index (χ0v) is 15.8. The van der Waals surface area contributed by atoms with Gasteiger partial charge in [0.2, 0.25) is 5.91 Å². The van der Waals surface area contributed by atoms with E-state index in [-0.39, 0.29) is 23.3 Å². The molecule has 0 unspecified atom stereocenters. The number of carbonyl (C=O) groups is 1. The van der Waals surface area contributed by atoms with Crippen LogP contribution in [0.25, 0.3) is 17.1 Å². The molecule has 156 valence electrons. The van der Waals surface area contributed by atoms with Crippen molar-refractivity contribution in [2.24, 2.45) is 5.92 Å². The number of hydrogen-bond donors (Lipinski definition) is 1. The standard InChI is InChI=1S/C20H18F3N5O2/c21-20(22,23)17-10-16(14-2-1-7-24-11-14)27-28(17)18-4-3-15(12-25-18)26-19(29)13-5-8-30-9-6-13/h1-4,7,10-13H,5-6,8-9H2,(H,26,29). The topological polar surface area (TPSA) is 81.9 Å². The van der Waals surface area contributed by atoms with E-state index in [9.17, 15) is 18.0 Å². The summed E-state index contributed by atoms with van der Waals surface area (Å²) < 4.78 is 46.6. The summed E-state index contributed by atoms with van der Waals surface area (Å²) in [5.74, 6) is -0.313. The Labute approximate surface area is 169 Å². The number of pyridine rings is 2. The number of ether oxygens (including phenoxy) is 1. The first-order valence-corrected chi connectivity index (χ1v) is 9.34. The van der Waals surface area contributed by atoms with E-state index in [1.165, 1.54) is 30.7 Å². The summed E-state index contributed by atoms with van der Waals surface area (Å²) in [5.41, 5.74) is 0.0486. The normalized spacial score (nSPS) is 15.2. The Morgan fingerprint density at radius 1 is 1.17 bits per heavy atom. The Morgan fingerprint density at radius 3 is 2.60 bits per heavy atom. The summed E-state index contributed by atoms with van der Waals surface area (Å²) in [7, 11) is 0. The van der Waals surface area contributed by atoms with Gasteiger partial charge in [-0.2, -0.15) is 18.3 Å². The summed E-state index contributed by atoms with van der Waals surface area (Å²) in [5, 5.41) is 6.82. The Morgan fingerprint density at radius 2 is 1.97 bits per heavy atom. The largest absolute Gasteiger partial charge is 0.433 e. The van der Waals surface area contributed by atoms with E-state index in [4.69, 9.17) is 4.74 Å². The highest BCUT2D eigenvalue weighted by molar-refractivity contribution is 5.92. The van der Waals surface area contributed by atoms with Crippen molar-refractivity contribution in [2.75, 3.05) is 18.5 Å². The van der Waals surface area contributed by atoms with Crippen LogP contribution in [0.2, 0.25) is 0 Å². The van der Waals surface area contributed by atoms with Gasteiger partial charge in [-0.05, 0) is 43.2 Å². The maximum atomic E-state index is 13.5. The highest BCUT2D eigenvalue weighted by Crippen LogP contribution is 2.33. The third-order valence-corrected chi connectivity index (χ3v) is 4.78. The highest BCUT2D eigenvalue weighted by Gasteiger charge is 2.37. The molecule has 0 radical (unpaired) electrons. The molecule has 0 aromatic carbocycles. The molecule has 10 heteroatoms. The summed E-state index contributed by atoms with van der Waals surface area (Å²) >= 11 is 0. The molecule has 0 bridgehead atoms. The first-order valence-electron chi connectivity index (χ1n) is 9.34. The molecule has 0 spiro atoms. The molecule has 4 heterocycles. The van der Waals surface area contributed by atoms with Crippen LogP contribution < -0.4 is 5.32 Å². The Kier molecular flexibility index (Phi) is 5.49. The zero-order valence-electron chi connectivity index (χ0n) is 15.8. The average molecular weight is 417 g/mol. The minimum absolute atomic E-state index is 0.0125. The number of carbonyl (C=O) groups excluding carboxylic acids is 1. The van der Waals surface area contributed by atoms with Gasteiger partial charge >= 0.3 is 6.18 Å². The lowest BCUT2D eigenvalue weighted by Gasteiger charge is -2.21. The molecule has 1 aliphatic rings. The number of hydrogen-bond acceptors (Lipinski definition) is 5. The molecular formula is C20H18F3N5O2. The van der Waals surface area contributed by atoms with Crippen molar-refractivity contribution in [3.63, 3.8) is 0 Å². The molecule has 30 heavy (non-hydrogen) atoms. The van der Waals surface area contributed by atoms with Crippen LogP contribution in [0.1, 0.15) is 18.5 Å². The number of halogens is 3. The monoisotopic (exact) mass is 417 g/mol. The summed E-state index contributed by atoms with van der Waals surface area (Å²) in [6.07, 6.45) is 0.936. The van der Waals surface area contributed by atoms with E-state index in [0.717, 1.165) is 10.7 Å². The second-order valence-electron chi connectivity index (χ2n) is 6.85. The third-order valence-electron chi connectivity index (χ3n) is 4.78. The molecule has 1 aliphatic heterocycles. The van der Waals surface area contributed by atoms with Crippen molar-refractivity contribution < 1.29 is 22.7 Å². The molecule has 0 aliphatic carbocycles. The molecule has 4 rings (SSSR count). The van der Waals surface area contributed by atoms with Crippen LogP contribution in [0.5, 0.6) is 0 Å². The first kappa shape index (κ1) is 20.0. The lowest BCUT2D eigenvalue weighted by atomic mass is 9.99. The lowest BCUT2D eigenvalue weighted by Crippen LogP contribution is -2.28. The SMILES string of the molecule is O=C(Nc1ccc(-n2nc(-c3cccnc3)cc2C(F)(F)F)nc1)C1CCOCC1. The van der Waals surface area contributed by atoms with Crippen molar-refractivity contribution in [1.29, 1.82) is 0 Å². The molecule has 1 amide bonds. The number of alkyl halides is 3. The van der Waals surface area contributed by atoms with Crippen LogP contribution in [0.15, 0.2) is 48.9 Å². The quantitative estimate of drug-likeness (QED) is 0.700. The molecule has 0 saturated carbocycles. The Hall–Kier alpha value is -3.27. The van der Waals surface area contributed by atoms with Gasteiger partial charge in [0.25, 0.3) is 0 Å². The van der Waals surface area contributed by atoms with Gasteiger partial charge in [-0.15, -0.1) is 0 Å². The van der Waals surface area contributed by atoms with Crippen LogP contribution >= 0.6 is 0 Å². The fourth-order valence-corrected chi connectivity index (χ4v) is 3.20. The van der Waals surface area contributed by atoms with Gasteiger partial charge in [-0.3, -0.25) is 9.78 Å². The molecule has 0 atom stereocenters. The zero-order chi connectivity index (χ0) is 21.1. The predicted octanol–water partition coefficient (Wildman–Crippen LogP) is 3.71. The molecule has 7 nitrogen and oxygen atoms in total. The van der Waals surface area contributed by atoms with Gasteiger partial charge in [-0.1, -0.05) is 0 Å². The van der Waals surface area contributed by atoms with Gasteiger partial charge in [-0.25, -0.2) is 9.67 Å². The average Bonchev–Trinajstić information content (AvgIpc) is 3.22. The van der Waals surface area contributed by atoms with Gasteiger partial charge in [0.1, 0.15) is 0 Å². The predicted molar refractivity (Wildman–Crippen MR) is 102 cm³/mol. The van der Waals surface area contributed by atoms with Crippen LogP contribution in [-0.4, -0.2) is 38.9 Å². The van der Waals surface area contributed by atoms with Crippen molar-refractivity contribution in [3.8, 4) is 17.1 Å². The maximum Gasteiger partial charge on any atom is 0.433 e. The fourth-order valence-electron chi connectivity index (χ4n) is 3.20. The van der Waals surface area contributed by atoms with Crippen molar-refractivity contribution in [1.82, 2.24) is 19.7 Å². The first-order chi connectivity index (χ1) is 14.4. The molecule has 1 saturated heterocycles. The molecule has 1 N–H and O–H groups in total. The Balaban J connectivity index is 1.59. The summed E-state index contributed by atoms with van der Waals surface area (Å²) in [4.78, 5) is 20.3. The maximum absolute atomic E-state index is 13.5. The number of amides is 1. The minimum atomic E-state index is -4.62. The van der Waals surface area contributed by atoms with E-state index >= 15 is 0 Å². The third kappa shape index (κ3) is 4.33. The fraction of sp³-hybridized carbons (Fsp3) is 0.300. The van der Waals surface area contributed by atoms with Crippen LogP contribution in [0.3, 0.4) is 0 Å². The number of nitrogens with one attached hydrogen (secondary N) is 1. The second-order valence-corrected chi connectivity index (χ2v) is 6.85. The summed E-state index contributed by atoms with van der Waals surface area (Å²) in [6.45, 7) is 1.07.